The summed E-state index contributed by atoms with van der Waals surface area (Å²) in [5.41, 5.74) is -0.177. The Bertz CT molecular complexity index is 400. The lowest BCUT2D eigenvalue weighted by atomic mass is 10.0. The molecule has 1 N–H and O–H groups in total. The van der Waals surface area contributed by atoms with Crippen LogP contribution in [0.2, 0.25) is 0 Å². The van der Waals surface area contributed by atoms with E-state index >= 15 is 0 Å². The number of piperazine rings is 1. The zero-order valence-corrected chi connectivity index (χ0v) is 12.8. The molecule has 0 saturated carbocycles. The molecule has 0 aliphatic carbocycles. The first-order valence-electron chi connectivity index (χ1n) is 7.51. The Balaban J connectivity index is 1.92. The van der Waals surface area contributed by atoms with Crippen molar-refractivity contribution in [2.45, 2.75) is 39.2 Å². The van der Waals surface area contributed by atoms with Crippen LogP contribution in [0.4, 0.5) is 0 Å². The smallest absolute Gasteiger partial charge is 0.226 e. The van der Waals surface area contributed by atoms with Gasteiger partial charge in [-0.1, -0.05) is 5.16 Å². The van der Waals surface area contributed by atoms with Crippen molar-refractivity contribution in [3.05, 3.63) is 11.7 Å². The lowest BCUT2D eigenvalue weighted by molar-refractivity contribution is 0.0924. The van der Waals surface area contributed by atoms with Crippen LogP contribution in [0.25, 0.3) is 0 Å². The van der Waals surface area contributed by atoms with Crippen molar-refractivity contribution in [2.24, 2.45) is 0 Å². The topological polar surface area (TPSA) is 63.4 Å². The van der Waals surface area contributed by atoms with Gasteiger partial charge in [0.25, 0.3) is 0 Å². The monoisotopic (exact) mass is 282 g/mol. The second kappa shape index (κ2) is 7.15. The van der Waals surface area contributed by atoms with E-state index < -0.39 is 0 Å². The van der Waals surface area contributed by atoms with Crippen LogP contribution in [-0.2, 0) is 16.7 Å². The van der Waals surface area contributed by atoms with Crippen molar-refractivity contribution >= 4 is 0 Å². The van der Waals surface area contributed by atoms with Gasteiger partial charge in [0.1, 0.15) is 0 Å². The number of aryl methyl sites for hydroxylation is 1. The summed E-state index contributed by atoms with van der Waals surface area (Å²) in [6.45, 7) is 11.9. The summed E-state index contributed by atoms with van der Waals surface area (Å²) in [5, 5.41) is 7.54. The van der Waals surface area contributed by atoms with Gasteiger partial charge in [0.15, 0.2) is 5.82 Å². The molecule has 0 spiro atoms. The molecular formula is C14H26N4O2. The van der Waals surface area contributed by atoms with E-state index in [1.165, 1.54) is 0 Å². The molecule has 1 aromatic heterocycles. The van der Waals surface area contributed by atoms with Crippen LogP contribution in [-0.4, -0.2) is 54.4 Å². The van der Waals surface area contributed by atoms with E-state index in [2.05, 4.69) is 34.2 Å². The first-order valence-corrected chi connectivity index (χ1v) is 7.51. The molecule has 1 aliphatic heterocycles. The first-order chi connectivity index (χ1) is 9.64. The van der Waals surface area contributed by atoms with Crippen molar-refractivity contribution in [1.82, 2.24) is 20.4 Å². The molecule has 0 amide bonds. The van der Waals surface area contributed by atoms with E-state index in [1.807, 2.05) is 6.92 Å². The highest BCUT2D eigenvalue weighted by Gasteiger charge is 2.34. The van der Waals surface area contributed by atoms with Gasteiger partial charge in [-0.05, 0) is 27.2 Å². The number of ether oxygens (including phenoxy) is 1. The number of hydrogen-bond acceptors (Lipinski definition) is 6. The molecule has 0 aromatic carbocycles. The Hall–Kier alpha value is -0.980. The minimum atomic E-state index is -0.177. The fourth-order valence-corrected chi connectivity index (χ4v) is 2.44. The molecule has 6 heteroatoms. The van der Waals surface area contributed by atoms with Crippen molar-refractivity contribution < 1.29 is 9.26 Å². The molecule has 114 valence electrons. The summed E-state index contributed by atoms with van der Waals surface area (Å²) in [4.78, 5) is 6.96. The van der Waals surface area contributed by atoms with Gasteiger partial charge in [0, 0.05) is 45.8 Å². The number of nitrogens with one attached hydrogen (secondary N) is 1. The van der Waals surface area contributed by atoms with E-state index in [0.717, 1.165) is 58.1 Å². The number of hydrogen-bond donors (Lipinski definition) is 1. The van der Waals surface area contributed by atoms with E-state index in [9.17, 15) is 0 Å². The highest BCUT2D eigenvalue weighted by molar-refractivity contribution is 5.03. The van der Waals surface area contributed by atoms with Gasteiger partial charge in [-0.2, -0.15) is 4.98 Å². The molecule has 0 radical (unpaired) electrons. The molecule has 6 nitrogen and oxygen atoms in total. The van der Waals surface area contributed by atoms with Crippen LogP contribution >= 0.6 is 0 Å². The third-order valence-corrected chi connectivity index (χ3v) is 3.81. The Morgan fingerprint density at radius 1 is 1.35 bits per heavy atom. The summed E-state index contributed by atoms with van der Waals surface area (Å²) in [6, 6.07) is 0. The molecule has 2 rings (SSSR count). The minimum absolute atomic E-state index is 0.177. The highest BCUT2D eigenvalue weighted by Crippen LogP contribution is 2.25. The van der Waals surface area contributed by atoms with Crippen molar-refractivity contribution in [3.63, 3.8) is 0 Å². The number of nitrogens with zero attached hydrogens (tertiary/aromatic N) is 3. The molecule has 2 heterocycles. The zero-order valence-electron chi connectivity index (χ0n) is 12.8. The Labute approximate surface area is 120 Å². The summed E-state index contributed by atoms with van der Waals surface area (Å²) < 4.78 is 10.7. The first kappa shape index (κ1) is 15.4. The molecule has 0 unspecified atom stereocenters. The number of aromatic nitrogens is 2. The summed E-state index contributed by atoms with van der Waals surface area (Å²) in [7, 11) is 0. The molecular weight excluding hydrogens is 256 g/mol. The standard InChI is InChI=1S/C14H26N4O2/c1-4-19-11-5-6-12-16-13(17-20-12)14(2,3)18-9-7-15-8-10-18/h15H,4-11H2,1-3H3. The highest BCUT2D eigenvalue weighted by atomic mass is 16.5. The van der Waals surface area contributed by atoms with Crippen LogP contribution in [0.1, 0.15) is 38.9 Å². The van der Waals surface area contributed by atoms with Gasteiger partial charge in [-0.25, -0.2) is 0 Å². The maximum atomic E-state index is 5.36. The molecule has 0 atom stereocenters. The molecule has 1 aromatic rings. The van der Waals surface area contributed by atoms with Gasteiger partial charge in [0.05, 0.1) is 5.54 Å². The van der Waals surface area contributed by atoms with E-state index in [4.69, 9.17) is 9.26 Å². The van der Waals surface area contributed by atoms with E-state index in [1.54, 1.807) is 0 Å². The second-order valence-electron chi connectivity index (χ2n) is 5.61. The fourth-order valence-electron chi connectivity index (χ4n) is 2.44. The van der Waals surface area contributed by atoms with Gasteiger partial charge in [-0.15, -0.1) is 0 Å². The predicted molar refractivity (Wildman–Crippen MR) is 76.6 cm³/mol. The van der Waals surface area contributed by atoms with Gasteiger partial charge in [0.2, 0.25) is 5.89 Å². The SMILES string of the molecule is CCOCCCc1nc(C(C)(C)N2CCNCC2)no1. The van der Waals surface area contributed by atoms with E-state index in [-0.39, 0.29) is 5.54 Å². The summed E-state index contributed by atoms with van der Waals surface area (Å²) in [6.07, 6.45) is 1.70. The average molecular weight is 282 g/mol. The third-order valence-electron chi connectivity index (χ3n) is 3.81. The summed E-state index contributed by atoms with van der Waals surface area (Å²) >= 11 is 0. The lowest BCUT2D eigenvalue weighted by Gasteiger charge is -2.38. The minimum Gasteiger partial charge on any atom is -0.382 e. The van der Waals surface area contributed by atoms with Gasteiger partial charge in [-0.3, -0.25) is 4.90 Å². The van der Waals surface area contributed by atoms with Crippen molar-refractivity contribution in [1.29, 1.82) is 0 Å². The van der Waals surface area contributed by atoms with Crippen molar-refractivity contribution in [3.8, 4) is 0 Å². The molecule has 1 saturated heterocycles. The second-order valence-corrected chi connectivity index (χ2v) is 5.61. The number of rotatable bonds is 7. The van der Waals surface area contributed by atoms with E-state index in [0.29, 0.717) is 5.89 Å². The van der Waals surface area contributed by atoms with Crippen LogP contribution in [0.15, 0.2) is 4.52 Å². The zero-order chi connectivity index (χ0) is 14.4. The Kier molecular flexibility index (Phi) is 5.51. The molecule has 1 aliphatic rings. The summed E-state index contributed by atoms with van der Waals surface area (Å²) in [5.74, 6) is 1.49. The average Bonchev–Trinajstić information content (AvgIpc) is 2.94. The maximum Gasteiger partial charge on any atom is 0.226 e. The largest absolute Gasteiger partial charge is 0.382 e. The third kappa shape index (κ3) is 3.77. The van der Waals surface area contributed by atoms with Crippen LogP contribution in [0.3, 0.4) is 0 Å². The molecule has 0 bridgehead atoms. The molecule has 1 fully saturated rings. The Morgan fingerprint density at radius 3 is 2.80 bits per heavy atom. The van der Waals surface area contributed by atoms with Gasteiger partial charge < -0.3 is 14.6 Å². The van der Waals surface area contributed by atoms with Crippen LogP contribution in [0.5, 0.6) is 0 Å². The van der Waals surface area contributed by atoms with Crippen LogP contribution in [0, 0.1) is 0 Å². The van der Waals surface area contributed by atoms with Gasteiger partial charge >= 0.3 is 0 Å². The van der Waals surface area contributed by atoms with Crippen molar-refractivity contribution in [2.75, 3.05) is 39.4 Å². The normalized spacial score (nSPS) is 17.6. The quantitative estimate of drug-likeness (QED) is 0.758. The maximum absolute atomic E-state index is 5.36. The van der Waals surface area contributed by atoms with Crippen LogP contribution < -0.4 is 5.32 Å². The lowest BCUT2D eigenvalue weighted by Crippen LogP contribution is -2.52. The predicted octanol–water partition coefficient (Wildman–Crippen LogP) is 1.18. The fraction of sp³-hybridized carbons (Fsp3) is 0.857. The molecule has 20 heavy (non-hydrogen) atoms. The Morgan fingerprint density at radius 2 is 2.10 bits per heavy atom.